The van der Waals surface area contributed by atoms with Crippen molar-refractivity contribution in [3.8, 4) is 6.07 Å². The Labute approximate surface area is 150 Å². The molecule has 3 rings (SSSR count). The molecule has 5 heteroatoms. The number of para-hydroxylation sites is 2. The van der Waals surface area contributed by atoms with E-state index in [2.05, 4.69) is 15.4 Å². The topological polar surface area (TPSA) is 47.3 Å². The first kappa shape index (κ1) is 17.6. The normalized spacial score (nSPS) is 17.8. The molecule has 1 aliphatic heterocycles. The van der Waals surface area contributed by atoms with Crippen LogP contribution in [0.4, 0.5) is 11.4 Å². The van der Waals surface area contributed by atoms with E-state index in [0.717, 1.165) is 37.3 Å². The van der Waals surface area contributed by atoms with Gasteiger partial charge in [0.2, 0.25) is 0 Å². The lowest BCUT2D eigenvalue weighted by molar-refractivity contribution is 0.542. The number of hydrogen-bond acceptors (Lipinski definition) is 2. The van der Waals surface area contributed by atoms with E-state index in [4.69, 9.17) is 0 Å². The SMILES string of the molecule is CCC(CC#N)P1(=O)N(c2ccccc2)CCCN1c1ccccc1. The van der Waals surface area contributed by atoms with Crippen molar-refractivity contribution < 1.29 is 4.57 Å². The third-order valence-electron chi connectivity index (χ3n) is 4.81. The molecule has 4 nitrogen and oxygen atoms in total. The predicted molar refractivity (Wildman–Crippen MR) is 104 cm³/mol. The van der Waals surface area contributed by atoms with Gasteiger partial charge in [-0.1, -0.05) is 43.3 Å². The highest BCUT2D eigenvalue weighted by Crippen LogP contribution is 2.63. The molecule has 1 fully saturated rings. The van der Waals surface area contributed by atoms with E-state index >= 15 is 0 Å². The third-order valence-corrected chi connectivity index (χ3v) is 8.56. The zero-order valence-electron chi connectivity index (χ0n) is 14.6. The van der Waals surface area contributed by atoms with Gasteiger partial charge in [-0.2, -0.15) is 5.26 Å². The fourth-order valence-corrected chi connectivity index (χ4v) is 7.21. The highest BCUT2D eigenvalue weighted by atomic mass is 31.2. The summed E-state index contributed by atoms with van der Waals surface area (Å²) in [6, 6.07) is 22.2. The van der Waals surface area contributed by atoms with E-state index < -0.39 is 7.44 Å². The molecular weight excluding hydrogens is 329 g/mol. The zero-order chi connectivity index (χ0) is 17.7. The average Bonchev–Trinajstić information content (AvgIpc) is 2.67. The molecule has 2 aromatic carbocycles. The molecule has 0 aliphatic carbocycles. The number of anilines is 2. The van der Waals surface area contributed by atoms with Gasteiger partial charge in [-0.15, -0.1) is 0 Å². The minimum Gasteiger partial charge on any atom is -0.306 e. The summed E-state index contributed by atoms with van der Waals surface area (Å²) in [7, 11) is -2.96. The maximum Gasteiger partial charge on any atom is 0.267 e. The van der Waals surface area contributed by atoms with Crippen LogP contribution in [-0.4, -0.2) is 18.7 Å². The first-order valence-corrected chi connectivity index (χ1v) is 10.5. The molecule has 0 spiro atoms. The van der Waals surface area contributed by atoms with E-state index in [9.17, 15) is 9.83 Å². The number of nitriles is 1. The third kappa shape index (κ3) is 3.30. The van der Waals surface area contributed by atoms with Crippen molar-refractivity contribution in [3.05, 3.63) is 60.7 Å². The van der Waals surface area contributed by atoms with Crippen LogP contribution in [-0.2, 0) is 4.57 Å². The Kier molecular flexibility index (Phi) is 5.46. The molecule has 1 atom stereocenters. The summed E-state index contributed by atoms with van der Waals surface area (Å²) in [6.45, 7) is 3.54. The van der Waals surface area contributed by atoms with Gasteiger partial charge in [-0.05, 0) is 37.1 Å². The van der Waals surface area contributed by atoms with Crippen LogP contribution in [0, 0.1) is 11.3 Å². The molecule has 130 valence electrons. The highest BCUT2D eigenvalue weighted by molar-refractivity contribution is 7.68. The Hall–Kier alpha value is -2.24. The summed E-state index contributed by atoms with van der Waals surface area (Å²) in [5.74, 6) is 0. The van der Waals surface area contributed by atoms with Crippen molar-refractivity contribution in [2.75, 3.05) is 22.4 Å². The van der Waals surface area contributed by atoms with Gasteiger partial charge in [0.05, 0.1) is 11.7 Å². The highest BCUT2D eigenvalue weighted by Gasteiger charge is 2.46. The van der Waals surface area contributed by atoms with Gasteiger partial charge in [0, 0.05) is 30.9 Å². The Balaban J connectivity index is 2.12. The molecule has 1 aliphatic rings. The van der Waals surface area contributed by atoms with Crippen molar-refractivity contribution >= 4 is 18.8 Å². The number of nitrogens with zero attached hydrogens (tertiary/aromatic N) is 3. The maximum absolute atomic E-state index is 14.5. The van der Waals surface area contributed by atoms with Gasteiger partial charge in [-0.25, -0.2) is 0 Å². The molecule has 0 aromatic heterocycles. The van der Waals surface area contributed by atoms with Crippen LogP contribution in [0.1, 0.15) is 26.2 Å². The van der Waals surface area contributed by atoms with E-state index in [0.29, 0.717) is 6.42 Å². The molecular formula is C20H24N3OP. The molecule has 0 N–H and O–H groups in total. The molecule has 0 bridgehead atoms. The van der Waals surface area contributed by atoms with Gasteiger partial charge in [0.1, 0.15) is 0 Å². The van der Waals surface area contributed by atoms with Crippen LogP contribution in [0.25, 0.3) is 0 Å². The first-order chi connectivity index (χ1) is 12.2. The first-order valence-electron chi connectivity index (χ1n) is 8.84. The molecule has 2 aromatic rings. The molecule has 1 saturated heterocycles. The second-order valence-electron chi connectivity index (χ2n) is 6.28. The maximum atomic E-state index is 14.5. The fraction of sp³-hybridized carbons (Fsp3) is 0.350. The Morgan fingerprint density at radius 2 is 1.48 bits per heavy atom. The molecule has 0 amide bonds. The Bertz CT molecular complexity index is 721. The fourth-order valence-electron chi connectivity index (χ4n) is 3.58. The van der Waals surface area contributed by atoms with Crippen molar-refractivity contribution in [2.45, 2.75) is 31.8 Å². The summed E-state index contributed by atoms with van der Waals surface area (Å²) >= 11 is 0. The van der Waals surface area contributed by atoms with Crippen LogP contribution < -0.4 is 9.34 Å². The van der Waals surface area contributed by atoms with Crippen LogP contribution in [0.3, 0.4) is 0 Å². The zero-order valence-corrected chi connectivity index (χ0v) is 15.5. The molecule has 0 radical (unpaired) electrons. The van der Waals surface area contributed by atoms with Crippen molar-refractivity contribution in [1.82, 2.24) is 0 Å². The van der Waals surface area contributed by atoms with Crippen molar-refractivity contribution in [1.29, 1.82) is 5.26 Å². The van der Waals surface area contributed by atoms with Gasteiger partial charge >= 0.3 is 0 Å². The molecule has 1 unspecified atom stereocenters. The minimum absolute atomic E-state index is 0.168. The summed E-state index contributed by atoms with van der Waals surface area (Å²) in [5.41, 5.74) is 1.78. The van der Waals surface area contributed by atoms with Gasteiger partial charge in [0.15, 0.2) is 0 Å². The summed E-state index contributed by atoms with van der Waals surface area (Å²) in [5, 5.41) is 9.32. The lowest BCUT2D eigenvalue weighted by atomic mass is 10.2. The Morgan fingerprint density at radius 3 is 1.88 bits per heavy atom. The Morgan fingerprint density at radius 1 is 1.00 bits per heavy atom. The summed E-state index contributed by atoms with van der Waals surface area (Å²) < 4.78 is 18.6. The number of benzene rings is 2. The summed E-state index contributed by atoms with van der Waals surface area (Å²) in [4.78, 5) is 0. The average molecular weight is 353 g/mol. The van der Waals surface area contributed by atoms with E-state index in [-0.39, 0.29) is 5.66 Å². The second kappa shape index (κ2) is 7.76. The van der Waals surface area contributed by atoms with Gasteiger partial charge < -0.3 is 9.34 Å². The quantitative estimate of drug-likeness (QED) is 0.685. The standard InChI is InChI=1S/C20H24N3OP/c1-2-20(14-15-21)25(24)22(18-10-5-3-6-11-18)16-9-17-23(25)19-12-7-4-8-13-19/h3-8,10-13,20H,2,9,14,16-17H2,1H3. The minimum atomic E-state index is -2.96. The van der Waals surface area contributed by atoms with Gasteiger partial charge in [0.25, 0.3) is 7.44 Å². The lowest BCUT2D eigenvalue weighted by Crippen LogP contribution is -2.43. The number of hydrogen-bond donors (Lipinski definition) is 0. The smallest absolute Gasteiger partial charge is 0.267 e. The monoisotopic (exact) mass is 353 g/mol. The predicted octanol–water partition coefficient (Wildman–Crippen LogP) is 5.29. The number of rotatable bonds is 5. The largest absolute Gasteiger partial charge is 0.306 e. The van der Waals surface area contributed by atoms with Crippen molar-refractivity contribution in [3.63, 3.8) is 0 Å². The molecule has 0 saturated carbocycles. The van der Waals surface area contributed by atoms with Gasteiger partial charge in [-0.3, -0.25) is 4.57 Å². The molecule has 1 heterocycles. The van der Waals surface area contributed by atoms with Crippen LogP contribution >= 0.6 is 7.44 Å². The van der Waals surface area contributed by atoms with Crippen LogP contribution in [0.15, 0.2) is 60.7 Å². The second-order valence-corrected chi connectivity index (χ2v) is 9.16. The van der Waals surface area contributed by atoms with E-state index in [1.54, 1.807) is 0 Å². The van der Waals surface area contributed by atoms with Crippen molar-refractivity contribution in [2.24, 2.45) is 0 Å². The summed E-state index contributed by atoms with van der Waals surface area (Å²) in [6.07, 6.45) is 1.97. The van der Waals surface area contributed by atoms with E-state index in [1.165, 1.54) is 0 Å². The van der Waals surface area contributed by atoms with E-state index in [1.807, 2.05) is 67.6 Å². The van der Waals surface area contributed by atoms with Crippen LogP contribution in [0.2, 0.25) is 0 Å². The van der Waals surface area contributed by atoms with Crippen LogP contribution in [0.5, 0.6) is 0 Å². The molecule has 25 heavy (non-hydrogen) atoms. The lowest BCUT2D eigenvalue weighted by Gasteiger charge is -2.48.